The first-order valence-electron chi connectivity index (χ1n) is 6.08. The van der Waals surface area contributed by atoms with Crippen LogP contribution in [0.2, 0.25) is 0 Å². The highest BCUT2D eigenvalue weighted by Gasteiger charge is 2.22. The molecule has 0 atom stereocenters. The van der Waals surface area contributed by atoms with Crippen LogP contribution >= 0.6 is 31.9 Å². The summed E-state index contributed by atoms with van der Waals surface area (Å²) in [5.74, 6) is -0.181. The highest BCUT2D eigenvalue weighted by Crippen LogP contribution is 2.20. The average Bonchev–Trinajstić information content (AvgIpc) is 3.11. The predicted molar refractivity (Wildman–Crippen MR) is 80.0 cm³/mol. The second-order valence-corrected chi connectivity index (χ2v) is 6.34. The number of hydrogen-bond acceptors (Lipinski definition) is 2. The smallest absolute Gasteiger partial charge is 0.251 e. The van der Waals surface area contributed by atoms with Gasteiger partial charge in [0, 0.05) is 33.5 Å². The molecule has 19 heavy (non-hydrogen) atoms. The Kier molecular flexibility index (Phi) is 4.99. The molecule has 0 spiro atoms. The van der Waals surface area contributed by atoms with E-state index in [4.69, 9.17) is 0 Å². The summed E-state index contributed by atoms with van der Waals surface area (Å²) in [6.07, 6.45) is 2.46. The Labute approximate surface area is 128 Å². The van der Waals surface area contributed by atoms with Crippen LogP contribution in [-0.4, -0.2) is 24.4 Å². The fourth-order valence-corrected chi connectivity index (χ4v) is 2.90. The Morgan fingerprint density at radius 2 is 1.79 bits per heavy atom. The average molecular weight is 390 g/mol. The maximum atomic E-state index is 11.9. The van der Waals surface area contributed by atoms with E-state index in [0.29, 0.717) is 24.6 Å². The lowest BCUT2D eigenvalue weighted by Gasteiger charge is -2.06. The number of nitrogens with one attached hydrogen (secondary N) is 2. The van der Waals surface area contributed by atoms with Gasteiger partial charge in [-0.25, -0.2) is 0 Å². The van der Waals surface area contributed by atoms with E-state index >= 15 is 0 Å². The van der Waals surface area contributed by atoms with Crippen molar-refractivity contribution < 1.29 is 9.59 Å². The Morgan fingerprint density at radius 1 is 1.16 bits per heavy atom. The molecule has 1 aromatic rings. The van der Waals surface area contributed by atoms with Gasteiger partial charge in [0.1, 0.15) is 0 Å². The normalized spacial score (nSPS) is 14.0. The van der Waals surface area contributed by atoms with Crippen molar-refractivity contribution in [2.45, 2.75) is 25.3 Å². The van der Waals surface area contributed by atoms with Crippen LogP contribution in [0.25, 0.3) is 0 Å². The van der Waals surface area contributed by atoms with E-state index in [1.807, 2.05) is 6.07 Å². The van der Waals surface area contributed by atoms with Gasteiger partial charge in [-0.15, -0.1) is 0 Å². The van der Waals surface area contributed by atoms with E-state index in [1.165, 1.54) is 0 Å². The Bertz CT molecular complexity index is 481. The van der Waals surface area contributed by atoms with E-state index in [2.05, 4.69) is 42.5 Å². The fraction of sp³-hybridized carbons (Fsp3) is 0.385. The number of amides is 2. The van der Waals surface area contributed by atoms with Gasteiger partial charge >= 0.3 is 0 Å². The van der Waals surface area contributed by atoms with Crippen molar-refractivity contribution in [1.29, 1.82) is 0 Å². The number of benzene rings is 1. The molecule has 1 aliphatic carbocycles. The summed E-state index contributed by atoms with van der Waals surface area (Å²) in [5.41, 5.74) is 0.559. The topological polar surface area (TPSA) is 58.2 Å². The molecule has 1 aromatic carbocycles. The summed E-state index contributed by atoms with van der Waals surface area (Å²) >= 11 is 6.67. The van der Waals surface area contributed by atoms with Crippen LogP contribution in [0.3, 0.4) is 0 Å². The Hall–Kier alpha value is -0.880. The van der Waals surface area contributed by atoms with Crippen LogP contribution in [0.15, 0.2) is 27.1 Å². The van der Waals surface area contributed by atoms with E-state index in [9.17, 15) is 9.59 Å². The van der Waals surface area contributed by atoms with E-state index in [1.54, 1.807) is 12.1 Å². The van der Waals surface area contributed by atoms with Crippen LogP contribution in [0.4, 0.5) is 0 Å². The van der Waals surface area contributed by atoms with Gasteiger partial charge in [0.15, 0.2) is 0 Å². The largest absolute Gasteiger partial charge is 0.353 e. The molecular weight excluding hydrogens is 376 g/mol. The van der Waals surface area contributed by atoms with Gasteiger partial charge in [-0.2, -0.15) is 0 Å². The molecule has 2 amide bonds. The highest BCUT2D eigenvalue weighted by atomic mass is 79.9. The zero-order valence-corrected chi connectivity index (χ0v) is 13.4. The number of carbonyl (C=O) groups excluding carboxylic acids is 2. The first kappa shape index (κ1) is 14.5. The number of carbonyl (C=O) groups is 2. The molecule has 0 aromatic heterocycles. The molecule has 0 aliphatic heterocycles. The molecule has 2 N–H and O–H groups in total. The zero-order valence-electron chi connectivity index (χ0n) is 10.2. The molecule has 1 saturated carbocycles. The second-order valence-electron chi connectivity index (χ2n) is 4.51. The summed E-state index contributed by atoms with van der Waals surface area (Å²) in [6, 6.07) is 5.71. The van der Waals surface area contributed by atoms with Crippen LogP contribution in [0.1, 0.15) is 29.6 Å². The van der Waals surface area contributed by atoms with Gasteiger partial charge in [-0.3, -0.25) is 9.59 Å². The molecule has 2 rings (SSSR count). The lowest BCUT2D eigenvalue weighted by Crippen LogP contribution is -2.31. The standard InChI is InChI=1S/C13H14Br2N2O2/c14-9-5-8(6-10(15)7-9)13(19)16-4-3-12(18)17-11-1-2-11/h5-7,11H,1-4H2,(H,16,19)(H,17,18). The van der Waals surface area contributed by atoms with Crippen molar-refractivity contribution in [3.8, 4) is 0 Å². The van der Waals surface area contributed by atoms with Crippen LogP contribution in [0.5, 0.6) is 0 Å². The minimum absolute atomic E-state index is 0.00165. The van der Waals surface area contributed by atoms with Gasteiger partial charge in [-0.05, 0) is 31.0 Å². The minimum atomic E-state index is -0.179. The van der Waals surface area contributed by atoms with Gasteiger partial charge < -0.3 is 10.6 Å². The summed E-state index contributed by atoms with van der Waals surface area (Å²) in [5, 5.41) is 5.62. The third-order valence-electron chi connectivity index (χ3n) is 2.70. The quantitative estimate of drug-likeness (QED) is 0.813. The van der Waals surface area contributed by atoms with E-state index in [0.717, 1.165) is 21.8 Å². The predicted octanol–water partition coefficient (Wildman–Crippen LogP) is 2.61. The molecule has 102 valence electrons. The van der Waals surface area contributed by atoms with Crippen LogP contribution in [-0.2, 0) is 4.79 Å². The lowest BCUT2D eigenvalue weighted by molar-refractivity contribution is -0.121. The molecule has 0 bridgehead atoms. The van der Waals surface area contributed by atoms with E-state index < -0.39 is 0 Å². The molecule has 0 unspecified atom stereocenters. The van der Waals surface area contributed by atoms with Crippen molar-refractivity contribution in [3.05, 3.63) is 32.7 Å². The van der Waals surface area contributed by atoms with Gasteiger partial charge in [0.05, 0.1) is 0 Å². The first-order valence-corrected chi connectivity index (χ1v) is 7.67. The van der Waals surface area contributed by atoms with Crippen molar-refractivity contribution in [3.63, 3.8) is 0 Å². The summed E-state index contributed by atoms with van der Waals surface area (Å²) in [6.45, 7) is 0.349. The SMILES string of the molecule is O=C(CCNC(=O)c1cc(Br)cc(Br)c1)NC1CC1. The van der Waals surface area contributed by atoms with Gasteiger partial charge in [-0.1, -0.05) is 31.9 Å². The summed E-state index contributed by atoms with van der Waals surface area (Å²) in [7, 11) is 0. The minimum Gasteiger partial charge on any atom is -0.353 e. The Balaban J connectivity index is 1.78. The molecular formula is C13H14Br2N2O2. The zero-order chi connectivity index (χ0) is 13.8. The molecule has 6 heteroatoms. The van der Waals surface area contributed by atoms with Crippen molar-refractivity contribution in [1.82, 2.24) is 10.6 Å². The first-order chi connectivity index (χ1) is 9.04. The third kappa shape index (κ3) is 4.95. The maximum absolute atomic E-state index is 11.9. The van der Waals surface area contributed by atoms with Gasteiger partial charge in [0.2, 0.25) is 5.91 Å². The number of hydrogen-bond donors (Lipinski definition) is 2. The fourth-order valence-electron chi connectivity index (χ4n) is 1.60. The molecule has 1 aliphatic rings. The third-order valence-corrected chi connectivity index (χ3v) is 3.62. The maximum Gasteiger partial charge on any atom is 0.251 e. The highest BCUT2D eigenvalue weighted by molar-refractivity contribution is 9.11. The van der Waals surface area contributed by atoms with Crippen molar-refractivity contribution in [2.75, 3.05) is 6.54 Å². The van der Waals surface area contributed by atoms with E-state index in [-0.39, 0.29) is 11.8 Å². The van der Waals surface area contributed by atoms with Crippen LogP contribution in [0, 0.1) is 0 Å². The lowest BCUT2D eigenvalue weighted by atomic mass is 10.2. The van der Waals surface area contributed by atoms with Crippen molar-refractivity contribution in [2.24, 2.45) is 0 Å². The molecule has 1 fully saturated rings. The summed E-state index contributed by atoms with van der Waals surface area (Å²) in [4.78, 5) is 23.3. The molecule has 4 nitrogen and oxygen atoms in total. The summed E-state index contributed by atoms with van der Waals surface area (Å²) < 4.78 is 1.66. The van der Waals surface area contributed by atoms with Crippen molar-refractivity contribution >= 4 is 43.7 Å². The van der Waals surface area contributed by atoms with Gasteiger partial charge in [0.25, 0.3) is 5.91 Å². The molecule has 0 radical (unpaired) electrons. The second kappa shape index (κ2) is 6.52. The number of rotatable bonds is 5. The molecule has 0 heterocycles. The number of halogens is 2. The monoisotopic (exact) mass is 388 g/mol. The molecule has 0 saturated heterocycles. The van der Waals surface area contributed by atoms with Crippen LogP contribution < -0.4 is 10.6 Å². The Morgan fingerprint density at radius 3 is 2.37 bits per heavy atom.